The molecule has 5 heterocycles. The van der Waals surface area contributed by atoms with Gasteiger partial charge in [-0.1, -0.05) is 13.3 Å². The van der Waals surface area contributed by atoms with Crippen LogP contribution in [0.15, 0.2) is 47.0 Å². The Bertz CT molecular complexity index is 2590. The van der Waals surface area contributed by atoms with E-state index in [2.05, 4.69) is 40.7 Å². The SMILES string of the molecule is CC[C@@](N)(C=O)c1cc2n(c(=O)c1COC)Cc1c-2nc2cc(F)c(C)cc2c1CN(N)/C=C(\N)CN1CCC(COCNC)CC1.CNC(C=O)CP.CNCC=O.CNCC=O.CNCC=O.O=CCCCCCN1C(=O)C=CC1=O. The topological polar surface area (TPSA) is 338 Å². The largest absolute Gasteiger partial charge is 0.400 e. The molecule has 3 aliphatic rings. The van der Waals surface area contributed by atoms with Crippen molar-refractivity contribution in [2.24, 2.45) is 23.2 Å². The van der Waals surface area contributed by atoms with Crippen LogP contribution in [-0.2, 0) is 73.1 Å². The van der Waals surface area contributed by atoms with E-state index < -0.39 is 5.54 Å². The van der Waals surface area contributed by atoms with Gasteiger partial charge in [0.2, 0.25) is 0 Å². The van der Waals surface area contributed by atoms with Gasteiger partial charge in [0, 0.05) is 73.2 Å². The number of fused-ring (bicyclic) bond motifs is 4. The van der Waals surface area contributed by atoms with Crippen molar-refractivity contribution in [1.82, 2.24) is 50.9 Å². The molecule has 2 amide bonds. The number of rotatable bonds is 29. The number of hydrogen-bond donors (Lipinski definition) is 8. The number of carbonyl (C=O) groups excluding carboxylic acids is 8. The van der Waals surface area contributed by atoms with E-state index in [9.17, 15) is 47.5 Å². The molecule has 0 aliphatic carbocycles. The number of aromatic nitrogens is 2. The molecule has 0 spiro atoms. The lowest BCUT2D eigenvalue weighted by atomic mass is 9.86. The average Bonchev–Trinajstić information content (AvgIpc) is 2.24. The number of ether oxygens (including phenoxy) is 2. The van der Waals surface area contributed by atoms with Crippen LogP contribution < -0.4 is 49.5 Å². The molecule has 1 fully saturated rings. The molecule has 1 saturated heterocycles. The third-order valence-corrected chi connectivity index (χ3v) is 13.7. The number of carbonyl (C=O) groups is 8. The average molecular weight is 1180 g/mol. The van der Waals surface area contributed by atoms with Crippen molar-refractivity contribution in [3.05, 3.63) is 86.2 Å². The lowest BCUT2D eigenvalue weighted by molar-refractivity contribution is -0.137. The zero-order valence-corrected chi connectivity index (χ0v) is 50.8. The number of likely N-dealkylation sites (N-methyl/N-ethyl adjacent to an activating group) is 4. The maximum atomic E-state index is 14.9. The maximum absolute atomic E-state index is 14.9. The minimum Gasteiger partial charge on any atom is -0.400 e. The molecule has 24 nitrogen and oxygen atoms in total. The molecule has 3 atom stereocenters. The standard InChI is InChI=1S/C34H47FN8O4.C10H13NO3.C4H10NOP.3C3H7NO/c1-5-34(37,19-44)28-11-31-32-26(16-43(31)33(45)27(28)18-46-4)25(24-10-21(2)29(35)12-30(24)40-32)15-42(38)14-23(36)13-41-8-6-22(7-9-41)17-47-20-39-3;12-8-4-2-1-3-7-11-9(13)5-6-10(11)14;1-5-4(2-6)3-7;3*1-4-2-3-5/h10-12,14,19,22,39H,5-9,13,15-18,20,36-38H2,1-4H3;5-6,8H,1-4,7H2;2,4-5H,3,7H2,1H3;3*3-4H,2H2,1H3/b23-14-;;;;;/t34-;;;;;/m1...../s1. The highest BCUT2D eigenvalue weighted by molar-refractivity contribution is 7.16. The second kappa shape index (κ2) is 42.6. The molecule has 0 bridgehead atoms. The van der Waals surface area contributed by atoms with Crippen molar-refractivity contribution in [3.8, 4) is 11.4 Å². The fourth-order valence-corrected chi connectivity index (χ4v) is 8.84. The van der Waals surface area contributed by atoms with Crippen LogP contribution in [0.4, 0.5) is 4.39 Å². The molecule has 2 unspecified atom stereocenters. The summed E-state index contributed by atoms with van der Waals surface area (Å²) in [4.78, 5) is 105. The van der Waals surface area contributed by atoms with E-state index in [1.807, 2.05) is 7.05 Å². The van der Waals surface area contributed by atoms with E-state index in [0.29, 0.717) is 97.4 Å². The van der Waals surface area contributed by atoms with Crippen LogP contribution in [-0.4, -0.2) is 188 Å². The number of imide groups is 1. The summed E-state index contributed by atoms with van der Waals surface area (Å²) in [5.74, 6) is 6.26. The van der Waals surface area contributed by atoms with Crippen LogP contribution in [0.25, 0.3) is 22.3 Å². The number of likely N-dealkylation sites (tertiary alicyclic amines) is 1. The van der Waals surface area contributed by atoms with E-state index in [1.54, 1.807) is 64.9 Å². The molecule has 0 saturated carbocycles. The predicted molar refractivity (Wildman–Crippen MR) is 323 cm³/mol. The number of hydrogen-bond acceptors (Lipinski definition) is 22. The Hall–Kier alpha value is -6.22. The fraction of sp³-hybridized carbons (Fsp3) is 0.544. The zero-order valence-electron chi connectivity index (χ0n) is 49.6. The molecular weight excluding hydrogens is 1090 g/mol. The first-order valence-electron chi connectivity index (χ1n) is 27.5. The third-order valence-electron chi connectivity index (χ3n) is 13.2. The monoisotopic (exact) mass is 1180 g/mol. The summed E-state index contributed by atoms with van der Waals surface area (Å²) in [6, 6.07) is 4.94. The van der Waals surface area contributed by atoms with Crippen LogP contribution in [0.5, 0.6) is 0 Å². The number of halogens is 1. The number of amides is 2. The number of aldehydes is 6. The summed E-state index contributed by atoms with van der Waals surface area (Å²) in [5, 5.41) is 16.0. The van der Waals surface area contributed by atoms with Gasteiger partial charge in [-0.05, 0) is 128 Å². The number of nitrogens with two attached hydrogens (primary N) is 3. The van der Waals surface area contributed by atoms with E-state index >= 15 is 0 Å². The Kier molecular flexibility index (Phi) is 38.4. The minimum absolute atomic E-state index is 0.00725. The number of pyridine rings is 2. The van der Waals surface area contributed by atoms with Crippen molar-refractivity contribution in [2.45, 2.75) is 90.1 Å². The first kappa shape index (κ1) is 74.8. The highest BCUT2D eigenvalue weighted by atomic mass is 31.0. The Morgan fingerprint density at radius 3 is 1.98 bits per heavy atom. The van der Waals surface area contributed by atoms with Gasteiger partial charge in [-0.15, -0.1) is 9.24 Å². The first-order chi connectivity index (χ1) is 39.9. The van der Waals surface area contributed by atoms with Crippen LogP contribution in [0.3, 0.4) is 0 Å². The molecule has 462 valence electrons. The van der Waals surface area contributed by atoms with Gasteiger partial charge < -0.3 is 80.6 Å². The summed E-state index contributed by atoms with van der Waals surface area (Å²) in [5.41, 5.74) is 16.2. The smallest absolute Gasteiger partial charge is 0.257 e. The predicted octanol–water partition coefficient (Wildman–Crippen LogP) is 0.697. The minimum atomic E-state index is -1.39. The fourth-order valence-electron chi connectivity index (χ4n) is 8.49. The zero-order chi connectivity index (χ0) is 62.3. The molecule has 3 aromatic rings. The van der Waals surface area contributed by atoms with Gasteiger partial charge in [0.25, 0.3) is 17.4 Å². The van der Waals surface area contributed by atoms with Gasteiger partial charge in [0.15, 0.2) is 0 Å². The Labute approximate surface area is 489 Å². The number of hydrazine groups is 1. The van der Waals surface area contributed by atoms with Gasteiger partial charge in [-0.2, -0.15) is 0 Å². The lowest BCUT2D eigenvalue weighted by Crippen LogP contribution is -2.41. The summed E-state index contributed by atoms with van der Waals surface area (Å²) in [6.07, 6.45) is 15.4. The molecule has 3 aliphatic heterocycles. The van der Waals surface area contributed by atoms with Gasteiger partial charge >= 0.3 is 0 Å². The lowest BCUT2D eigenvalue weighted by Gasteiger charge is -2.32. The van der Waals surface area contributed by atoms with Gasteiger partial charge in [0.05, 0.1) is 81.2 Å². The number of nitrogens with one attached hydrogen (secondary N) is 5. The normalized spacial score (nSPS) is 14.5. The number of unbranched alkanes of at least 4 members (excludes halogenated alkanes) is 3. The molecular formula is C57H91FN13O11P. The van der Waals surface area contributed by atoms with Crippen LogP contribution in [0, 0.1) is 18.7 Å². The summed E-state index contributed by atoms with van der Waals surface area (Å²) >= 11 is 0. The van der Waals surface area contributed by atoms with Gasteiger partial charge in [0.1, 0.15) is 43.5 Å². The number of aryl methyl sites for hydroxylation is 1. The molecule has 2 aromatic heterocycles. The van der Waals surface area contributed by atoms with E-state index in [4.69, 9.17) is 31.8 Å². The quantitative estimate of drug-likeness (QED) is 0.00705. The van der Waals surface area contributed by atoms with Crippen molar-refractivity contribution in [2.75, 3.05) is 108 Å². The van der Waals surface area contributed by atoms with Crippen molar-refractivity contribution >= 4 is 69.7 Å². The maximum Gasteiger partial charge on any atom is 0.257 e. The van der Waals surface area contributed by atoms with Crippen LogP contribution >= 0.6 is 9.24 Å². The van der Waals surface area contributed by atoms with E-state index in [-0.39, 0.29) is 55.3 Å². The number of methoxy groups -OCH3 is 1. The van der Waals surface area contributed by atoms with E-state index in [1.165, 1.54) is 35.2 Å². The van der Waals surface area contributed by atoms with Crippen molar-refractivity contribution < 1.29 is 52.2 Å². The first-order valence-corrected chi connectivity index (χ1v) is 28.3. The summed E-state index contributed by atoms with van der Waals surface area (Å²) in [7, 11) is 12.8. The molecule has 26 heteroatoms. The van der Waals surface area contributed by atoms with Crippen molar-refractivity contribution in [3.63, 3.8) is 0 Å². The van der Waals surface area contributed by atoms with Gasteiger partial charge in [-0.3, -0.25) is 29.5 Å². The second-order valence-electron chi connectivity index (χ2n) is 19.4. The summed E-state index contributed by atoms with van der Waals surface area (Å²) < 4.78 is 27.5. The third kappa shape index (κ3) is 25.3. The molecule has 6 rings (SSSR count). The highest BCUT2D eigenvalue weighted by Crippen LogP contribution is 2.38. The number of nitrogens with zero attached hydrogens (tertiary/aromatic N) is 5. The Balaban J connectivity index is 0.000000769. The highest BCUT2D eigenvalue weighted by Gasteiger charge is 2.35. The van der Waals surface area contributed by atoms with Crippen LogP contribution in [0.1, 0.15) is 79.7 Å². The number of piperidine rings is 1. The molecule has 0 radical (unpaired) electrons. The Morgan fingerprint density at radius 1 is 0.892 bits per heavy atom. The summed E-state index contributed by atoms with van der Waals surface area (Å²) in [6.45, 7) is 9.51. The van der Waals surface area contributed by atoms with Crippen molar-refractivity contribution in [1.29, 1.82) is 0 Å². The molecule has 1 aromatic carbocycles. The molecule has 83 heavy (non-hydrogen) atoms. The Morgan fingerprint density at radius 2 is 1.51 bits per heavy atom. The van der Waals surface area contributed by atoms with Crippen LogP contribution in [0.2, 0.25) is 0 Å². The molecule has 11 N–H and O–H groups in total. The van der Waals surface area contributed by atoms with Gasteiger partial charge in [-0.25, -0.2) is 15.2 Å². The van der Waals surface area contributed by atoms with E-state index in [0.717, 1.165) is 106 Å². The number of benzene rings is 1. The second-order valence-corrected chi connectivity index (χ2v) is 19.8.